The summed E-state index contributed by atoms with van der Waals surface area (Å²) in [6.07, 6.45) is 2.65. The Bertz CT molecular complexity index is 1130. The third kappa shape index (κ3) is 3.17. The average Bonchev–Trinajstić information content (AvgIpc) is 3.25. The van der Waals surface area contributed by atoms with E-state index in [2.05, 4.69) is 11.9 Å². The first kappa shape index (κ1) is 17.5. The second-order valence-corrected chi connectivity index (χ2v) is 7.38. The number of benzene rings is 1. The van der Waals surface area contributed by atoms with Crippen LogP contribution in [0.3, 0.4) is 0 Å². The number of ether oxygens (including phenoxy) is 1. The number of amides is 1. The van der Waals surface area contributed by atoms with Crippen LogP contribution in [0.25, 0.3) is 21.2 Å². The largest absolute Gasteiger partial charge is 0.460 e. The normalized spacial score (nSPS) is 11.2. The van der Waals surface area contributed by atoms with Gasteiger partial charge in [0.15, 0.2) is 0 Å². The molecule has 3 aromatic heterocycles. The first-order valence-corrected chi connectivity index (χ1v) is 9.75. The third-order valence-corrected chi connectivity index (χ3v) is 5.41. The molecule has 0 unspecified atom stereocenters. The maximum atomic E-state index is 12.8. The molecule has 0 fully saturated rings. The number of aromatic nitrogens is 1. The van der Waals surface area contributed by atoms with Gasteiger partial charge in [0.2, 0.25) is 0 Å². The molecular weight excluding hydrogens is 360 g/mol. The monoisotopic (exact) mass is 380 g/mol. The van der Waals surface area contributed by atoms with E-state index >= 15 is 0 Å². The molecule has 0 atom stereocenters. The summed E-state index contributed by atoms with van der Waals surface area (Å²) in [4.78, 5) is 18.8. The highest BCUT2D eigenvalue weighted by atomic mass is 32.1. The van der Waals surface area contributed by atoms with Crippen LogP contribution >= 0.6 is 11.3 Å². The van der Waals surface area contributed by atoms with E-state index in [0.29, 0.717) is 29.2 Å². The van der Waals surface area contributed by atoms with Crippen molar-refractivity contribution in [1.82, 2.24) is 9.88 Å². The Morgan fingerprint density at radius 3 is 2.96 bits per heavy atom. The van der Waals surface area contributed by atoms with Crippen molar-refractivity contribution in [3.8, 4) is 11.5 Å². The molecule has 6 heteroatoms. The molecule has 138 valence electrons. The summed E-state index contributed by atoms with van der Waals surface area (Å²) in [5.41, 5.74) is 2.19. The van der Waals surface area contributed by atoms with Crippen molar-refractivity contribution in [1.29, 1.82) is 0 Å². The zero-order chi connectivity index (χ0) is 19.0. The van der Waals surface area contributed by atoms with Gasteiger partial charge in [0.25, 0.3) is 5.91 Å². The SMILES string of the molecule is CCCN(C)C(=O)c1c(C)oc2cc(Oc3ccnc4ccsc34)ccc12. The minimum Gasteiger partial charge on any atom is -0.460 e. The Balaban J connectivity index is 1.69. The summed E-state index contributed by atoms with van der Waals surface area (Å²) in [7, 11) is 1.82. The average molecular weight is 380 g/mol. The molecule has 0 saturated heterocycles. The molecule has 4 rings (SSSR count). The Hall–Kier alpha value is -2.86. The van der Waals surface area contributed by atoms with Crippen LogP contribution < -0.4 is 4.74 Å². The molecule has 1 aromatic carbocycles. The highest BCUT2D eigenvalue weighted by Gasteiger charge is 2.21. The molecule has 0 aliphatic rings. The first-order chi connectivity index (χ1) is 13.1. The molecule has 5 nitrogen and oxygen atoms in total. The van der Waals surface area contributed by atoms with Gasteiger partial charge < -0.3 is 14.1 Å². The second-order valence-electron chi connectivity index (χ2n) is 6.46. The van der Waals surface area contributed by atoms with Gasteiger partial charge in [-0.15, -0.1) is 11.3 Å². The molecule has 0 bridgehead atoms. The fraction of sp³-hybridized carbons (Fsp3) is 0.238. The van der Waals surface area contributed by atoms with E-state index in [0.717, 1.165) is 27.8 Å². The minimum atomic E-state index is -0.0174. The quantitative estimate of drug-likeness (QED) is 0.450. The lowest BCUT2D eigenvalue weighted by atomic mass is 10.1. The number of thiophene rings is 1. The Morgan fingerprint density at radius 1 is 1.30 bits per heavy atom. The number of rotatable bonds is 5. The van der Waals surface area contributed by atoms with Crippen molar-refractivity contribution in [2.75, 3.05) is 13.6 Å². The molecule has 0 N–H and O–H groups in total. The number of hydrogen-bond donors (Lipinski definition) is 0. The summed E-state index contributed by atoms with van der Waals surface area (Å²) in [5.74, 6) is 2.03. The summed E-state index contributed by atoms with van der Waals surface area (Å²) < 4.78 is 12.9. The van der Waals surface area contributed by atoms with Crippen LogP contribution in [0, 0.1) is 6.92 Å². The number of furan rings is 1. The van der Waals surface area contributed by atoms with Crippen molar-refractivity contribution in [2.24, 2.45) is 0 Å². The minimum absolute atomic E-state index is 0.0174. The van der Waals surface area contributed by atoms with Crippen LogP contribution in [0.1, 0.15) is 29.5 Å². The Labute approximate surface area is 161 Å². The van der Waals surface area contributed by atoms with E-state index in [1.54, 1.807) is 22.4 Å². The molecule has 1 amide bonds. The lowest BCUT2D eigenvalue weighted by Gasteiger charge is -2.15. The zero-order valence-corrected chi connectivity index (χ0v) is 16.3. The van der Waals surface area contributed by atoms with Crippen molar-refractivity contribution < 1.29 is 13.9 Å². The predicted molar refractivity (Wildman–Crippen MR) is 108 cm³/mol. The first-order valence-electron chi connectivity index (χ1n) is 8.87. The van der Waals surface area contributed by atoms with E-state index in [1.807, 2.05) is 49.7 Å². The van der Waals surface area contributed by atoms with Gasteiger partial charge >= 0.3 is 0 Å². The van der Waals surface area contributed by atoms with Crippen LogP contribution in [0.5, 0.6) is 11.5 Å². The molecule has 4 aromatic rings. The number of pyridine rings is 1. The van der Waals surface area contributed by atoms with E-state index in [1.165, 1.54) is 0 Å². The lowest BCUT2D eigenvalue weighted by Crippen LogP contribution is -2.27. The Morgan fingerprint density at radius 2 is 2.15 bits per heavy atom. The van der Waals surface area contributed by atoms with Gasteiger partial charge in [-0.05, 0) is 36.9 Å². The molecule has 0 aliphatic heterocycles. The summed E-state index contributed by atoms with van der Waals surface area (Å²) in [6.45, 7) is 4.59. The van der Waals surface area contributed by atoms with E-state index in [9.17, 15) is 4.79 Å². The van der Waals surface area contributed by atoms with Gasteiger partial charge in [-0.3, -0.25) is 9.78 Å². The van der Waals surface area contributed by atoms with Crippen LogP contribution in [0.2, 0.25) is 0 Å². The maximum absolute atomic E-state index is 12.8. The number of hydrogen-bond acceptors (Lipinski definition) is 5. The van der Waals surface area contributed by atoms with Crippen LogP contribution in [-0.4, -0.2) is 29.4 Å². The fourth-order valence-corrected chi connectivity index (χ4v) is 4.01. The topological polar surface area (TPSA) is 55.6 Å². The smallest absolute Gasteiger partial charge is 0.257 e. The van der Waals surface area contributed by atoms with Gasteiger partial charge in [0.05, 0.1) is 15.8 Å². The maximum Gasteiger partial charge on any atom is 0.257 e. The fourth-order valence-electron chi connectivity index (χ4n) is 3.21. The van der Waals surface area contributed by atoms with Gasteiger partial charge in [0.1, 0.15) is 22.8 Å². The van der Waals surface area contributed by atoms with Gasteiger partial charge in [-0.1, -0.05) is 6.92 Å². The summed E-state index contributed by atoms with van der Waals surface area (Å²) >= 11 is 1.59. The second kappa shape index (κ2) is 7.04. The molecule has 0 aliphatic carbocycles. The zero-order valence-electron chi connectivity index (χ0n) is 15.5. The number of carbonyl (C=O) groups is 1. The van der Waals surface area contributed by atoms with Crippen molar-refractivity contribution >= 4 is 38.4 Å². The molecule has 3 heterocycles. The van der Waals surface area contributed by atoms with Crippen LogP contribution in [0.4, 0.5) is 0 Å². The van der Waals surface area contributed by atoms with Crippen molar-refractivity contribution in [2.45, 2.75) is 20.3 Å². The van der Waals surface area contributed by atoms with E-state index < -0.39 is 0 Å². The third-order valence-electron chi connectivity index (χ3n) is 4.49. The van der Waals surface area contributed by atoms with Crippen LogP contribution in [0.15, 0.2) is 46.3 Å². The number of nitrogens with zero attached hydrogens (tertiary/aromatic N) is 2. The van der Waals surface area contributed by atoms with E-state index in [4.69, 9.17) is 9.15 Å². The van der Waals surface area contributed by atoms with Crippen LogP contribution in [-0.2, 0) is 0 Å². The van der Waals surface area contributed by atoms with Gasteiger partial charge in [0, 0.05) is 37.3 Å². The lowest BCUT2D eigenvalue weighted by molar-refractivity contribution is 0.0795. The standard InChI is InChI=1S/C21H20N2O3S/c1-4-10-23(3)21(24)19-13(2)25-18-12-14(5-6-15(18)19)26-17-7-9-22-16-8-11-27-20(16)17/h5-9,11-12H,4,10H2,1-3H3. The highest BCUT2D eigenvalue weighted by Crippen LogP contribution is 2.35. The highest BCUT2D eigenvalue weighted by molar-refractivity contribution is 7.17. The molecule has 0 radical (unpaired) electrons. The van der Waals surface area contributed by atoms with Crippen molar-refractivity contribution in [3.63, 3.8) is 0 Å². The Kier molecular flexibility index (Phi) is 4.58. The summed E-state index contributed by atoms with van der Waals surface area (Å²) in [6, 6.07) is 9.41. The number of aryl methyl sites for hydroxylation is 1. The molecule has 27 heavy (non-hydrogen) atoms. The van der Waals surface area contributed by atoms with E-state index in [-0.39, 0.29) is 5.91 Å². The van der Waals surface area contributed by atoms with Gasteiger partial charge in [-0.25, -0.2) is 0 Å². The summed E-state index contributed by atoms with van der Waals surface area (Å²) in [5, 5.41) is 2.80. The number of carbonyl (C=O) groups excluding carboxylic acids is 1. The van der Waals surface area contributed by atoms with Gasteiger partial charge in [-0.2, -0.15) is 0 Å². The number of fused-ring (bicyclic) bond motifs is 2. The molecular formula is C21H20N2O3S. The molecule has 0 spiro atoms. The predicted octanol–water partition coefficient (Wildman–Crippen LogP) is 5.63. The van der Waals surface area contributed by atoms with Crippen molar-refractivity contribution in [3.05, 3.63) is 53.2 Å². The molecule has 0 saturated carbocycles.